The third kappa shape index (κ3) is 4.23. The van der Waals surface area contributed by atoms with Crippen molar-refractivity contribution in [3.8, 4) is 11.1 Å². The van der Waals surface area contributed by atoms with Crippen LogP contribution in [-0.2, 0) is 11.2 Å². The zero-order valence-corrected chi connectivity index (χ0v) is 18.2. The number of halogens is 1. The maximum atomic E-state index is 14.6. The minimum Gasteiger partial charge on any atom is -0.450 e. The van der Waals surface area contributed by atoms with E-state index in [0.717, 1.165) is 10.9 Å². The number of fused-ring (bicyclic) bond motifs is 2. The molecule has 5 aromatic rings. The topological polar surface area (TPSA) is 113 Å². The first-order valence-electron chi connectivity index (χ1n) is 10.7. The zero-order chi connectivity index (χ0) is 23.7. The van der Waals surface area contributed by atoms with Crippen molar-refractivity contribution in [2.45, 2.75) is 13.3 Å². The number of imidazole rings is 1. The van der Waals surface area contributed by atoms with Gasteiger partial charge in [0.2, 0.25) is 5.95 Å². The molecule has 0 aliphatic heterocycles. The summed E-state index contributed by atoms with van der Waals surface area (Å²) in [6, 6.07) is 17.5. The van der Waals surface area contributed by atoms with Gasteiger partial charge in [-0.3, -0.25) is 10.1 Å². The molecule has 3 N–H and O–H groups in total. The second-order valence-corrected chi connectivity index (χ2v) is 7.73. The molecule has 170 valence electrons. The van der Waals surface area contributed by atoms with E-state index in [-0.39, 0.29) is 23.9 Å². The van der Waals surface area contributed by atoms with Crippen molar-refractivity contribution in [3.05, 3.63) is 88.1 Å². The van der Waals surface area contributed by atoms with Crippen LogP contribution in [0.3, 0.4) is 0 Å². The number of hydrogen-bond acceptors (Lipinski definition) is 5. The van der Waals surface area contributed by atoms with E-state index < -0.39 is 6.09 Å². The van der Waals surface area contributed by atoms with Gasteiger partial charge in [-0.2, -0.15) is 5.10 Å². The number of anilines is 1. The highest BCUT2D eigenvalue weighted by Gasteiger charge is 2.12. The molecular weight excluding hydrogens is 437 g/mol. The summed E-state index contributed by atoms with van der Waals surface area (Å²) in [5.74, 6) is -0.114. The molecule has 3 aromatic carbocycles. The van der Waals surface area contributed by atoms with Gasteiger partial charge in [0.1, 0.15) is 5.82 Å². The van der Waals surface area contributed by atoms with E-state index in [1.807, 2.05) is 30.3 Å². The highest BCUT2D eigenvalue weighted by atomic mass is 19.1. The van der Waals surface area contributed by atoms with Gasteiger partial charge in [0.25, 0.3) is 5.56 Å². The monoisotopic (exact) mass is 457 g/mol. The maximum Gasteiger partial charge on any atom is 0.413 e. The predicted molar refractivity (Wildman–Crippen MR) is 127 cm³/mol. The van der Waals surface area contributed by atoms with Crippen LogP contribution in [0.15, 0.2) is 65.5 Å². The number of aromatic amines is 2. The van der Waals surface area contributed by atoms with Crippen molar-refractivity contribution in [2.75, 3.05) is 11.9 Å². The average molecular weight is 457 g/mol. The minimum absolute atomic E-state index is 0.252. The molecule has 1 amide bonds. The standard InChI is InChI=1S/C25H20FN5O3/c1-2-34-25(33)29-24-27-20-8-7-15(13-22(20)28-24)16-9-14(10-17(26)12-16)11-21-18-5-3-4-6-19(18)23(32)31-30-21/h3-10,12-13H,2,11H2,1H3,(H,31,32)(H2,27,28,29,33). The number of aromatic nitrogens is 4. The Bertz CT molecular complexity index is 1590. The Morgan fingerprint density at radius 1 is 1.06 bits per heavy atom. The molecule has 8 nitrogen and oxygen atoms in total. The lowest BCUT2D eigenvalue weighted by Gasteiger charge is -2.08. The average Bonchev–Trinajstić information content (AvgIpc) is 3.22. The molecule has 0 fully saturated rings. The molecule has 34 heavy (non-hydrogen) atoms. The van der Waals surface area contributed by atoms with Gasteiger partial charge in [-0.15, -0.1) is 0 Å². The summed E-state index contributed by atoms with van der Waals surface area (Å²) in [6.45, 7) is 1.97. The van der Waals surface area contributed by atoms with E-state index in [4.69, 9.17) is 4.74 Å². The maximum absolute atomic E-state index is 14.6. The van der Waals surface area contributed by atoms with Gasteiger partial charge in [-0.1, -0.05) is 30.3 Å². The number of amides is 1. The molecule has 5 rings (SSSR count). The second-order valence-electron chi connectivity index (χ2n) is 7.73. The summed E-state index contributed by atoms with van der Waals surface area (Å²) >= 11 is 0. The van der Waals surface area contributed by atoms with Crippen LogP contribution in [0.25, 0.3) is 32.9 Å². The quantitative estimate of drug-likeness (QED) is 0.352. The Hall–Kier alpha value is -4.53. The van der Waals surface area contributed by atoms with Crippen molar-refractivity contribution < 1.29 is 13.9 Å². The van der Waals surface area contributed by atoms with Gasteiger partial charge in [-0.25, -0.2) is 19.3 Å². The van der Waals surface area contributed by atoms with Crippen LogP contribution >= 0.6 is 0 Å². The van der Waals surface area contributed by atoms with E-state index in [1.54, 1.807) is 25.1 Å². The van der Waals surface area contributed by atoms with Gasteiger partial charge < -0.3 is 9.72 Å². The molecule has 9 heteroatoms. The number of carbonyl (C=O) groups excluding carboxylic acids is 1. The Morgan fingerprint density at radius 2 is 1.88 bits per heavy atom. The molecule has 2 aromatic heterocycles. The van der Waals surface area contributed by atoms with Gasteiger partial charge in [-0.05, 0) is 53.9 Å². The van der Waals surface area contributed by atoms with E-state index in [2.05, 4.69) is 25.5 Å². The third-order valence-electron chi connectivity index (χ3n) is 5.42. The smallest absolute Gasteiger partial charge is 0.413 e. The summed E-state index contributed by atoms with van der Waals surface area (Å²) in [5.41, 5.74) is 3.90. The first-order valence-corrected chi connectivity index (χ1v) is 10.7. The summed E-state index contributed by atoms with van der Waals surface area (Å²) in [4.78, 5) is 31.1. The zero-order valence-electron chi connectivity index (χ0n) is 18.2. The molecule has 0 saturated carbocycles. The minimum atomic E-state index is -0.597. The van der Waals surface area contributed by atoms with Crippen LogP contribution in [-0.4, -0.2) is 32.9 Å². The number of carbonyl (C=O) groups is 1. The van der Waals surface area contributed by atoms with Crippen LogP contribution in [0, 0.1) is 5.82 Å². The van der Waals surface area contributed by atoms with Crippen LogP contribution < -0.4 is 10.9 Å². The molecule has 0 spiro atoms. The largest absolute Gasteiger partial charge is 0.450 e. The Balaban J connectivity index is 1.48. The van der Waals surface area contributed by atoms with E-state index in [0.29, 0.717) is 39.7 Å². The van der Waals surface area contributed by atoms with Gasteiger partial charge in [0, 0.05) is 11.8 Å². The first kappa shape index (κ1) is 21.3. The number of benzene rings is 3. The molecule has 0 aliphatic carbocycles. The fourth-order valence-corrected chi connectivity index (χ4v) is 3.93. The Morgan fingerprint density at radius 3 is 2.71 bits per heavy atom. The van der Waals surface area contributed by atoms with Crippen molar-refractivity contribution >= 4 is 33.8 Å². The number of nitrogens with one attached hydrogen (secondary N) is 3. The van der Waals surface area contributed by atoms with Gasteiger partial charge >= 0.3 is 6.09 Å². The van der Waals surface area contributed by atoms with Crippen LogP contribution in [0.4, 0.5) is 15.1 Å². The summed E-state index contributed by atoms with van der Waals surface area (Å²) in [6.07, 6.45) is -0.248. The molecule has 0 saturated heterocycles. The molecule has 0 radical (unpaired) electrons. The number of nitrogens with zero attached hydrogens (tertiary/aromatic N) is 2. The molecule has 0 atom stereocenters. The Kier molecular flexibility index (Phi) is 5.51. The highest BCUT2D eigenvalue weighted by Crippen LogP contribution is 2.27. The fraction of sp³-hybridized carbons (Fsp3) is 0.120. The summed E-state index contributed by atoms with van der Waals surface area (Å²) in [5, 5.41) is 10.5. The fourth-order valence-electron chi connectivity index (χ4n) is 3.93. The summed E-state index contributed by atoms with van der Waals surface area (Å²) in [7, 11) is 0. The molecule has 0 bridgehead atoms. The lowest BCUT2D eigenvalue weighted by molar-refractivity contribution is 0.167. The van der Waals surface area contributed by atoms with E-state index >= 15 is 0 Å². The van der Waals surface area contributed by atoms with E-state index in [1.165, 1.54) is 12.1 Å². The number of hydrogen-bond donors (Lipinski definition) is 3. The number of ether oxygens (including phenoxy) is 1. The number of rotatable bonds is 5. The van der Waals surface area contributed by atoms with E-state index in [9.17, 15) is 14.0 Å². The normalized spacial score (nSPS) is 11.1. The first-order chi connectivity index (χ1) is 16.5. The van der Waals surface area contributed by atoms with Crippen molar-refractivity contribution in [1.82, 2.24) is 20.2 Å². The summed E-state index contributed by atoms with van der Waals surface area (Å²) < 4.78 is 19.4. The van der Waals surface area contributed by atoms with Crippen molar-refractivity contribution in [1.29, 1.82) is 0 Å². The van der Waals surface area contributed by atoms with Gasteiger partial charge in [0.05, 0.1) is 28.7 Å². The SMILES string of the molecule is CCOC(=O)Nc1nc2ccc(-c3cc(F)cc(Cc4n[nH]c(=O)c5ccccc45)c3)cc2[nH]1. The third-order valence-corrected chi connectivity index (χ3v) is 5.42. The van der Waals surface area contributed by atoms with Crippen LogP contribution in [0.5, 0.6) is 0 Å². The number of H-pyrrole nitrogens is 2. The lowest BCUT2D eigenvalue weighted by atomic mass is 9.99. The molecular formula is C25H20FN5O3. The lowest BCUT2D eigenvalue weighted by Crippen LogP contribution is -2.14. The molecule has 2 heterocycles. The van der Waals surface area contributed by atoms with Crippen molar-refractivity contribution in [2.24, 2.45) is 0 Å². The molecule has 0 unspecified atom stereocenters. The van der Waals surface area contributed by atoms with Crippen LogP contribution in [0.2, 0.25) is 0 Å². The van der Waals surface area contributed by atoms with Gasteiger partial charge in [0.15, 0.2) is 0 Å². The second kappa shape index (κ2) is 8.78. The molecule has 0 aliphatic rings. The van der Waals surface area contributed by atoms with Crippen molar-refractivity contribution in [3.63, 3.8) is 0 Å². The highest BCUT2D eigenvalue weighted by molar-refractivity contribution is 5.88. The predicted octanol–water partition coefficient (Wildman–Crippen LogP) is 4.76. The van der Waals surface area contributed by atoms with Crippen LogP contribution in [0.1, 0.15) is 18.2 Å². The Labute approximate surface area is 192 Å².